The molecule has 0 bridgehead atoms. The molecule has 1 aromatic rings. The van der Waals surface area contributed by atoms with E-state index in [1.165, 1.54) is 0 Å². The number of primary amides is 1. The SMILES string of the molecule is CCC1CN(c2cccc(C(N)=O)n2)CCC1N. The number of hydrogen-bond donors (Lipinski definition) is 2. The molecule has 18 heavy (non-hydrogen) atoms. The summed E-state index contributed by atoms with van der Waals surface area (Å²) in [7, 11) is 0. The minimum Gasteiger partial charge on any atom is -0.364 e. The lowest BCUT2D eigenvalue weighted by atomic mass is 9.91. The van der Waals surface area contributed by atoms with Crippen LogP contribution in [0.5, 0.6) is 0 Å². The van der Waals surface area contributed by atoms with Crippen LogP contribution < -0.4 is 16.4 Å². The van der Waals surface area contributed by atoms with Crippen molar-refractivity contribution in [1.82, 2.24) is 4.98 Å². The second-order valence-corrected chi connectivity index (χ2v) is 4.81. The number of carbonyl (C=O) groups excluding carboxylic acids is 1. The van der Waals surface area contributed by atoms with E-state index in [-0.39, 0.29) is 6.04 Å². The van der Waals surface area contributed by atoms with Crippen molar-refractivity contribution in [1.29, 1.82) is 0 Å². The molecular formula is C13H20N4O. The number of piperidine rings is 1. The van der Waals surface area contributed by atoms with Gasteiger partial charge in [-0.2, -0.15) is 0 Å². The lowest BCUT2D eigenvalue weighted by molar-refractivity contribution is 0.0995. The molecule has 5 nitrogen and oxygen atoms in total. The monoisotopic (exact) mass is 248 g/mol. The van der Waals surface area contributed by atoms with Crippen molar-refractivity contribution in [3.05, 3.63) is 23.9 Å². The van der Waals surface area contributed by atoms with Gasteiger partial charge in [-0.15, -0.1) is 0 Å². The Balaban J connectivity index is 2.16. The standard InChI is InChI=1S/C13H20N4O/c1-2-9-8-17(7-6-10(9)14)12-5-3-4-11(16-12)13(15)18/h3-5,9-10H,2,6-8,14H2,1H3,(H2,15,18). The third-order valence-corrected chi connectivity index (χ3v) is 3.63. The van der Waals surface area contributed by atoms with E-state index in [4.69, 9.17) is 11.5 Å². The van der Waals surface area contributed by atoms with Crippen molar-refractivity contribution >= 4 is 11.7 Å². The molecule has 1 aliphatic heterocycles. The molecule has 1 saturated heterocycles. The summed E-state index contributed by atoms with van der Waals surface area (Å²) in [5, 5.41) is 0. The summed E-state index contributed by atoms with van der Waals surface area (Å²) in [6.45, 7) is 3.93. The lowest BCUT2D eigenvalue weighted by Crippen LogP contribution is -2.47. The van der Waals surface area contributed by atoms with Gasteiger partial charge in [-0.25, -0.2) is 4.98 Å². The first-order valence-corrected chi connectivity index (χ1v) is 6.39. The maximum atomic E-state index is 11.1. The van der Waals surface area contributed by atoms with Crippen LogP contribution in [0, 0.1) is 5.92 Å². The molecule has 0 aliphatic carbocycles. The Hall–Kier alpha value is -1.62. The van der Waals surface area contributed by atoms with E-state index in [0.717, 1.165) is 31.7 Å². The number of nitrogens with zero attached hydrogens (tertiary/aromatic N) is 2. The number of nitrogens with two attached hydrogens (primary N) is 2. The van der Waals surface area contributed by atoms with E-state index in [9.17, 15) is 4.79 Å². The molecule has 1 aliphatic rings. The minimum absolute atomic E-state index is 0.269. The van der Waals surface area contributed by atoms with E-state index in [0.29, 0.717) is 11.6 Å². The van der Waals surface area contributed by atoms with Crippen LogP contribution in [0.2, 0.25) is 0 Å². The molecule has 0 radical (unpaired) electrons. The predicted molar refractivity (Wildman–Crippen MR) is 71.3 cm³/mol. The summed E-state index contributed by atoms with van der Waals surface area (Å²) >= 11 is 0. The van der Waals surface area contributed by atoms with E-state index >= 15 is 0 Å². The third-order valence-electron chi connectivity index (χ3n) is 3.63. The Labute approximate surface area is 107 Å². The van der Waals surface area contributed by atoms with E-state index in [2.05, 4.69) is 16.8 Å². The summed E-state index contributed by atoms with van der Waals surface area (Å²) in [5.41, 5.74) is 11.6. The van der Waals surface area contributed by atoms with Gasteiger partial charge in [0, 0.05) is 19.1 Å². The van der Waals surface area contributed by atoms with Gasteiger partial charge in [-0.05, 0) is 24.5 Å². The van der Waals surface area contributed by atoms with Crippen LogP contribution in [-0.4, -0.2) is 30.0 Å². The third kappa shape index (κ3) is 2.61. The van der Waals surface area contributed by atoms with Crippen LogP contribution in [0.25, 0.3) is 0 Å². The van der Waals surface area contributed by atoms with Gasteiger partial charge in [-0.1, -0.05) is 19.4 Å². The van der Waals surface area contributed by atoms with Crippen LogP contribution in [0.3, 0.4) is 0 Å². The number of rotatable bonds is 3. The predicted octanol–water partition coefficient (Wildman–Crippen LogP) is 0.744. The lowest BCUT2D eigenvalue weighted by Gasteiger charge is -2.37. The topological polar surface area (TPSA) is 85.2 Å². The Kier molecular flexibility index (Phi) is 3.81. The Bertz CT molecular complexity index is 435. The number of carbonyl (C=O) groups is 1. The quantitative estimate of drug-likeness (QED) is 0.826. The molecule has 2 atom stereocenters. The molecule has 2 rings (SSSR count). The van der Waals surface area contributed by atoms with Crippen LogP contribution >= 0.6 is 0 Å². The van der Waals surface area contributed by atoms with Crippen molar-refractivity contribution < 1.29 is 4.79 Å². The molecule has 4 N–H and O–H groups in total. The fourth-order valence-corrected chi connectivity index (χ4v) is 2.43. The second-order valence-electron chi connectivity index (χ2n) is 4.81. The van der Waals surface area contributed by atoms with Crippen LogP contribution in [0.15, 0.2) is 18.2 Å². The van der Waals surface area contributed by atoms with Crippen molar-refractivity contribution in [2.75, 3.05) is 18.0 Å². The molecule has 0 saturated carbocycles. The van der Waals surface area contributed by atoms with Gasteiger partial charge in [0.2, 0.25) is 0 Å². The molecule has 0 spiro atoms. The second kappa shape index (κ2) is 5.35. The highest BCUT2D eigenvalue weighted by Gasteiger charge is 2.26. The highest BCUT2D eigenvalue weighted by atomic mass is 16.1. The maximum absolute atomic E-state index is 11.1. The summed E-state index contributed by atoms with van der Waals surface area (Å²) in [6, 6.07) is 5.64. The van der Waals surface area contributed by atoms with Crippen LogP contribution in [-0.2, 0) is 0 Å². The molecular weight excluding hydrogens is 228 g/mol. The molecule has 5 heteroatoms. The first-order chi connectivity index (χ1) is 8.61. The van der Waals surface area contributed by atoms with E-state index in [1.54, 1.807) is 6.07 Å². The van der Waals surface area contributed by atoms with Crippen molar-refractivity contribution in [3.8, 4) is 0 Å². The molecule has 0 aromatic carbocycles. The van der Waals surface area contributed by atoms with Gasteiger partial charge < -0.3 is 16.4 Å². The number of amides is 1. The fraction of sp³-hybridized carbons (Fsp3) is 0.538. The Morgan fingerprint density at radius 2 is 2.33 bits per heavy atom. The van der Waals surface area contributed by atoms with Gasteiger partial charge in [0.15, 0.2) is 0 Å². The average Bonchev–Trinajstić information content (AvgIpc) is 2.39. The first-order valence-electron chi connectivity index (χ1n) is 6.39. The van der Waals surface area contributed by atoms with Crippen LogP contribution in [0.1, 0.15) is 30.3 Å². The van der Waals surface area contributed by atoms with Crippen molar-refractivity contribution in [3.63, 3.8) is 0 Å². The minimum atomic E-state index is -0.488. The highest BCUT2D eigenvalue weighted by molar-refractivity contribution is 5.91. The Morgan fingerprint density at radius 3 is 3.00 bits per heavy atom. The van der Waals surface area contributed by atoms with E-state index in [1.807, 2.05) is 12.1 Å². The van der Waals surface area contributed by atoms with Crippen molar-refractivity contribution in [2.45, 2.75) is 25.8 Å². The summed E-state index contributed by atoms with van der Waals surface area (Å²) in [5.74, 6) is 0.812. The largest absolute Gasteiger partial charge is 0.364 e. The molecule has 1 amide bonds. The van der Waals surface area contributed by atoms with Crippen LogP contribution in [0.4, 0.5) is 5.82 Å². The van der Waals surface area contributed by atoms with Gasteiger partial charge in [-0.3, -0.25) is 4.79 Å². The fourth-order valence-electron chi connectivity index (χ4n) is 2.43. The van der Waals surface area contributed by atoms with Gasteiger partial charge in [0.1, 0.15) is 11.5 Å². The molecule has 1 aromatic heterocycles. The smallest absolute Gasteiger partial charge is 0.267 e. The average molecular weight is 248 g/mol. The zero-order valence-corrected chi connectivity index (χ0v) is 10.7. The van der Waals surface area contributed by atoms with Gasteiger partial charge in [0.25, 0.3) is 5.91 Å². The highest BCUT2D eigenvalue weighted by Crippen LogP contribution is 2.23. The van der Waals surface area contributed by atoms with Crippen molar-refractivity contribution in [2.24, 2.45) is 17.4 Å². The maximum Gasteiger partial charge on any atom is 0.267 e. The van der Waals surface area contributed by atoms with Gasteiger partial charge >= 0.3 is 0 Å². The Morgan fingerprint density at radius 1 is 1.56 bits per heavy atom. The molecule has 98 valence electrons. The zero-order chi connectivity index (χ0) is 13.1. The zero-order valence-electron chi connectivity index (χ0n) is 10.7. The molecule has 2 heterocycles. The summed E-state index contributed by atoms with van der Waals surface area (Å²) < 4.78 is 0. The summed E-state index contributed by atoms with van der Waals surface area (Å²) in [4.78, 5) is 17.6. The normalized spacial score (nSPS) is 24.0. The number of hydrogen-bond acceptors (Lipinski definition) is 4. The number of aromatic nitrogens is 1. The molecule has 2 unspecified atom stereocenters. The van der Waals surface area contributed by atoms with E-state index < -0.39 is 5.91 Å². The summed E-state index contributed by atoms with van der Waals surface area (Å²) in [6.07, 6.45) is 2.02. The van der Waals surface area contributed by atoms with Gasteiger partial charge in [0.05, 0.1) is 0 Å². The molecule has 1 fully saturated rings. The number of pyridine rings is 1. The first kappa shape index (κ1) is 12.8. The number of anilines is 1.